The van der Waals surface area contributed by atoms with Gasteiger partial charge in [-0.2, -0.15) is 0 Å². The summed E-state index contributed by atoms with van der Waals surface area (Å²) in [6.45, 7) is 22.5. The van der Waals surface area contributed by atoms with Crippen LogP contribution in [0.25, 0.3) is 0 Å². The number of hydrogen-bond acceptors (Lipinski definition) is 2. The molecule has 1 atom stereocenters. The quantitative estimate of drug-likeness (QED) is 0.634. The molecule has 0 N–H and O–H groups in total. The molecule has 1 heterocycles. The number of rotatable bonds is 0. The minimum atomic E-state index is -0.159. The molecule has 0 saturated carbocycles. The Morgan fingerprint density at radius 2 is 1.29 bits per heavy atom. The predicted octanol–water partition coefficient (Wildman–Crippen LogP) is 3.15. The van der Waals surface area contributed by atoms with E-state index in [0.717, 1.165) is 0 Å². The molecule has 1 rings (SSSR count). The van der Waals surface area contributed by atoms with Gasteiger partial charge in [0.25, 0.3) is 0 Å². The SMILES string of the molecule is CC(C)(C)[C@H]1C[N](C(C)(C)C)[Ge][N]1C(C)(C)C. The number of nitrogens with zero attached hydrogens (tertiary/aromatic N) is 2. The first-order valence-corrected chi connectivity index (χ1v) is 8.54. The van der Waals surface area contributed by atoms with Crippen LogP contribution in [0.1, 0.15) is 62.3 Å². The van der Waals surface area contributed by atoms with E-state index in [0.29, 0.717) is 22.5 Å². The molecule has 1 saturated heterocycles. The van der Waals surface area contributed by atoms with Gasteiger partial charge in [0.1, 0.15) is 0 Å². The molecule has 100 valence electrons. The third-order valence-electron chi connectivity index (χ3n) is 3.43. The monoisotopic (exact) mass is 300 g/mol. The average Bonchev–Trinajstić information content (AvgIpc) is 2.42. The maximum atomic E-state index is 2.79. The van der Waals surface area contributed by atoms with Crippen molar-refractivity contribution >= 4 is 15.9 Å². The van der Waals surface area contributed by atoms with Crippen LogP contribution in [0, 0.1) is 5.41 Å². The van der Waals surface area contributed by atoms with E-state index in [1.54, 1.807) is 0 Å². The fraction of sp³-hybridized carbons (Fsp3) is 1.00. The van der Waals surface area contributed by atoms with Gasteiger partial charge in [-0.25, -0.2) is 0 Å². The third kappa shape index (κ3) is 3.71. The summed E-state index contributed by atoms with van der Waals surface area (Å²) in [4.78, 5) is 0. The summed E-state index contributed by atoms with van der Waals surface area (Å²) in [5.41, 5.74) is 0.998. The topological polar surface area (TPSA) is 6.48 Å². The van der Waals surface area contributed by atoms with Crippen molar-refractivity contribution in [3.8, 4) is 0 Å². The Morgan fingerprint density at radius 1 is 0.824 bits per heavy atom. The van der Waals surface area contributed by atoms with Crippen LogP contribution in [0.15, 0.2) is 0 Å². The minimum absolute atomic E-state index is 0.159. The Bertz CT molecular complexity index is 245. The van der Waals surface area contributed by atoms with E-state index in [-0.39, 0.29) is 15.9 Å². The van der Waals surface area contributed by atoms with Crippen molar-refractivity contribution in [3.63, 3.8) is 0 Å². The second kappa shape index (κ2) is 4.53. The first-order valence-electron chi connectivity index (χ1n) is 6.67. The molecule has 0 aromatic heterocycles. The van der Waals surface area contributed by atoms with Gasteiger partial charge in [-0.15, -0.1) is 0 Å². The summed E-state index contributed by atoms with van der Waals surface area (Å²) >= 11 is -0.159. The summed E-state index contributed by atoms with van der Waals surface area (Å²) in [5.74, 6) is 0. The van der Waals surface area contributed by atoms with Crippen LogP contribution in [0.3, 0.4) is 0 Å². The molecule has 0 amide bonds. The van der Waals surface area contributed by atoms with Gasteiger partial charge < -0.3 is 0 Å². The van der Waals surface area contributed by atoms with Crippen molar-refractivity contribution in [2.75, 3.05) is 6.54 Å². The molecule has 0 spiro atoms. The van der Waals surface area contributed by atoms with Gasteiger partial charge in [0.2, 0.25) is 0 Å². The molecule has 2 radical (unpaired) electrons. The van der Waals surface area contributed by atoms with Crippen LogP contribution in [-0.4, -0.2) is 47.3 Å². The molecule has 3 heteroatoms. The fourth-order valence-electron chi connectivity index (χ4n) is 2.20. The summed E-state index contributed by atoms with van der Waals surface area (Å²) in [5, 5.41) is 0. The molecule has 0 unspecified atom stereocenters. The first kappa shape index (κ1) is 15.5. The maximum absolute atomic E-state index is 2.79. The third-order valence-corrected chi connectivity index (χ3v) is 8.24. The van der Waals surface area contributed by atoms with Crippen molar-refractivity contribution in [2.45, 2.75) is 79.4 Å². The second-order valence-corrected chi connectivity index (χ2v) is 10.9. The standard InChI is InChI=1S/C14H30GeN2/c1-12(2,3)11-10-16(13(4,5)6)15-17(11)14(7,8)9/h11H,10H2,1-9H3/t11-/m1/s1. The molecular formula is C14H30GeN2. The van der Waals surface area contributed by atoms with E-state index in [1.807, 2.05) is 0 Å². The van der Waals surface area contributed by atoms with E-state index in [4.69, 9.17) is 0 Å². The van der Waals surface area contributed by atoms with Crippen molar-refractivity contribution in [3.05, 3.63) is 0 Å². The zero-order valence-corrected chi connectivity index (χ0v) is 15.3. The molecule has 17 heavy (non-hydrogen) atoms. The van der Waals surface area contributed by atoms with Gasteiger partial charge in [-0.1, -0.05) is 0 Å². The van der Waals surface area contributed by atoms with E-state index in [1.165, 1.54) is 6.54 Å². The van der Waals surface area contributed by atoms with Gasteiger partial charge in [0.15, 0.2) is 0 Å². The molecule has 0 aromatic rings. The van der Waals surface area contributed by atoms with Gasteiger partial charge in [-0.05, 0) is 0 Å². The normalized spacial score (nSPS) is 25.6. The van der Waals surface area contributed by atoms with E-state index < -0.39 is 0 Å². The van der Waals surface area contributed by atoms with E-state index >= 15 is 0 Å². The average molecular weight is 299 g/mol. The van der Waals surface area contributed by atoms with Gasteiger partial charge in [0, 0.05) is 0 Å². The summed E-state index contributed by atoms with van der Waals surface area (Å²) < 4.78 is 5.52. The van der Waals surface area contributed by atoms with E-state index in [9.17, 15) is 0 Å². The Morgan fingerprint density at radius 3 is 1.53 bits per heavy atom. The van der Waals surface area contributed by atoms with Gasteiger partial charge >= 0.3 is 115 Å². The van der Waals surface area contributed by atoms with Crippen molar-refractivity contribution in [2.24, 2.45) is 5.41 Å². The molecule has 0 bridgehead atoms. The molecule has 0 aliphatic carbocycles. The van der Waals surface area contributed by atoms with Gasteiger partial charge in [-0.3, -0.25) is 0 Å². The Balaban J connectivity index is 2.96. The summed E-state index contributed by atoms with van der Waals surface area (Å²) in [6.07, 6.45) is 0. The molecule has 1 aliphatic heterocycles. The van der Waals surface area contributed by atoms with E-state index in [2.05, 4.69) is 70.0 Å². The van der Waals surface area contributed by atoms with Gasteiger partial charge in [0.05, 0.1) is 0 Å². The van der Waals surface area contributed by atoms with Crippen molar-refractivity contribution in [1.29, 1.82) is 0 Å². The predicted molar refractivity (Wildman–Crippen MR) is 77.0 cm³/mol. The summed E-state index contributed by atoms with van der Waals surface area (Å²) in [6, 6.07) is 0.696. The molecule has 0 aromatic carbocycles. The molecule has 1 fully saturated rings. The number of hydrogen-bond donors (Lipinski definition) is 0. The van der Waals surface area contributed by atoms with Crippen LogP contribution in [0.5, 0.6) is 0 Å². The van der Waals surface area contributed by atoms with Crippen LogP contribution in [0.4, 0.5) is 0 Å². The van der Waals surface area contributed by atoms with Crippen LogP contribution in [-0.2, 0) is 0 Å². The van der Waals surface area contributed by atoms with Crippen LogP contribution in [0.2, 0.25) is 0 Å². The van der Waals surface area contributed by atoms with Crippen LogP contribution < -0.4 is 0 Å². The van der Waals surface area contributed by atoms with Crippen molar-refractivity contribution < 1.29 is 0 Å². The fourth-order valence-corrected chi connectivity index (χ4v) is 5.81. The Hall–Kier alpha value is 0.463. The Labute approximate surface area is 115 Å². The molecule has 2 nitrogen and oxygen atoms in total. The Kier molecular flexibility index (Phi) is 4.14. The molecule has 1 aliphatic rings. The van der Waals surface area contributed by atoms with Crippen molar-refractivity contribution in [1.82, 2.24) is 7.71 Å². The molecular weight excluding hydrogens is 269 g/mol. The zero-order chi connectivity index (χ0) is 13.6. The second-order valence-electron chi connectivity index (χ2n) is 8.30. The summed E-state index contributed by atoms with van der Waals surface area (Å²) in [7, 11) is 0. The zero-order valence-electron chi connectivity index (χ0n) is 13.2. The first-order chi connectivity index (χ1) is 7.33. The van der Waals surface area contributed by atoms with Crippen LogP contribution >= 0.6 is 0 Å².